The van der Waals surface area contributed by atoms with Gasteiger partial charge < -0.3 is 14.7 Å². The number of benzene rings is 1. The summed E-state index contributed by atoms with van der Waals surface area (Å²) >= 11 is 0. The number of aliphatic hydroxyl groups is 1. The molecule has 5 nitrogen and oxygen atoms in total. The molecule has 2 bridgehead atoms. The van der Waals surface area contributed by atoms with Crippen LogP contribution in [0.15, 0.2) is 36.5 Å². The van der Waals surface area contributed by atoms with Crippen molar-refractivity contribution in [2.45, 2.75) is 43.9 Å². The van der Waals surface area contributed by atoms with Crippen molar-refractivity contribution in [2.24, 2.45) is 0 Å². The summed E-state index contributed by atoms with van der Waals surface area (Å²) in [6.45, 7) is 0. The molecule has 2 aromatic rings. The van der Waals surface area contributed by atoms with Crippen molar-refractivity contribution in [2.75, 3.05) is 4.90 Å². The second-order valence-electron chi connectivity index (χ2n) is 6.17. The first-order valence-electron chi connectivity index (χ1n) is 7.92. The first-order chi connectivity index (χ1) is 11.2. The fourth-order valence-electron chi connectivity index (χ4n) is 3.61. The first kappa shape index (κ1) is 14.4. The van der Waals surface area contributed by atoms with Gasteiger partial charge in [-0.05, 0) is 49.9 Å². The summed E-state index contributed by atoms with van der Waals surface area (Å²) in [5.41, 5.74) is 0. The summed E-state index contributed by atoms with van der Waals surface area (Å²) < 4.78 is 18.6. The second kappa shape index (κ2) is 5.77. The standard InChI is InChI=1S/C17H18FN3O2/c18-11-1-5-15(6-2-11)23-16-7-8-19-17(20-16)21-12-3-4-13(21)10-14(22)9-12/h1-2,5-8,12-14,22H,3-4,9-10H2. The number of anilines is 1. The fraction of sp³-hybridized carbons (Fsp3) is 0.412. The summed E-state index contributed by atoms with van der Waals surface area (Å²) in [6, 6.07) is 8.12. The number of piperidine rings is 1. The number of aliphatic hydroxyl groups excluding tert-OH is 1. The SMILES string of the molecule is OC1CC2CCC(C1)N2c1nccc(Oc2ccc(F)cc2)n1. The highest BCUT2D eigenvalue weighted by molar-refractivity contribution is 5.39. The van der Waals surface area contributed by atoms with Gasteiger partial charge in [-0.15, -0.1) is 0 Å². The van der Waals surface area contributed by atoms with E-state index in [4.69, 9.17) is 4.74 Å². The summed E-state index contributed by atoms with van der Waals surface area (Å²) in [6.07, 6.45) is 5.11. The van der Waals surface area contributed by atoms with Crippen LogP contribution in [0.5, 0.6) is 11.6 Å². The number of aromatic nitrogens is 2. The molecule has 2 aliphatic heterocycles. The molecule has 120 valence electrons. The van der Waals surface area contributed by atoms with Gasteiger partial charge >= 0.3 is 0 Å². The van der Waals surface area contributed by atoms with Crippen LogP contribution in [-0.4, -0.2) is 33.3 Å². The van der Waals surface area contributed by atoms with E-state index in [9.17, 15) is 9.50 Å². The molecule has 2 atom stereocenters. The Morgan fingerprint density at radius 2 is 1.78 bits per heavy atom. The Morgan fingerprint density at radius 3 is 2.48 bits per heavy atom. The number of nitrogens with zero attached hydrogens (tertiary/aromatic N) is 3. The zero-order valence-corrected chi connectivity index (χ0v) is 12.6. The van der Waals surface area contributed by atoms with Gasteiger partial charge in [-0.25, -0.2) is 9.37 Å². The Labute approximate surface area is 133 Å². The molecular formula is C17H18FN3O2. The van der Waals surface area contributed by atoms with Crippen molar-refractivity contribution in [3.8, 4) is 11.6 Å². The number of fused-ring (bicyclic) bond motifs is 2. The third kappa shape index (κ3) is 2.86. The number of halogens is 1. The van der Waals surface area contributed by atoms with Crippen LogP contribution in [0.25, 0.3) is 0 Å². The van der Waals surface area contributed by atoms with Crippen LogP contribution in [0.1, 0.15) is 25.7 Å². The molecule has 3 heterocycles. The van der Waals surface area contributed by atoms with Gasteiger partial charge in [0, 0.05) is 24.3 Å². The molecule has 1 aromatic carbocycles. The topological polar surface area (TPSA) is 58.5 Å². The van der Waals surface area contributed by atoms with E-state index in [-0.39, 0.29) is 11.9 Å². The van der Waals surface area contributed by atoms with Crippen LogP contribution in [0, 0.1) is 5.82 Å². The molecule has 4 rings (SSSR count). The van der Waals surface area contributed by atoms with Crippen LogP contribution in [0.2, 0.25) is 0 Å². The third-order valence-corrected chi connectivity index (χ3v) is 4.59. The van der Waals surface area contributed by atoms with E-state index >= 15 is 0 Å². The second-order valence-corrected chi connectivity index (χ2v) is 6.17. The molecule has 2 saturated heterocycles. The van der Waals surface area contributed by atoms with Crippen molar-refractivity contribution in [1.29, 1.82) is 0 Å². The summed E-state index contributed by atoms with van der Waals surface area (Å²) in [4.78, 5) is 11.1. The molecule has 0 saturated carbocycles. The van der Waals surface area contributed by atoms with Crippen molar-refractivity contribution in [3.05, 3.63) is 42.3 Å². The summed E-state index contributed by atoms with van der Waals surface area (Å²) in [5.74, 6) is 1.31. The van der Waals surface area contributed by atoms with E-state index < -0.39 is 0 Å². The maximum absolute atomic E-state index is 12.9. The minimum atomic E-state index is -0.302. The molecule has 2 aliphatic rings. The van der Waals surface area contributed by atoms with Gasteiger partial charge in [0.2, 0.25) is 11.8 Å². The van der Waals surface area contributed by atoms with E-state index in [2.05, 4.69) is 14.9 Å². The third-order valence-electron chi connectivity index (χ3n) is 4.59. The van der Waals surface area contributed by atoms with Gasteiger partial charge in [0.25, 0.3) is 0 Å². The van der Waals surface area contributed by atoms with Crippen LogP contribution < -0.4 is 9.64 Å². The van der Waals surface area contributed by atoms with Gasteiger partial charge in [0.15, 0.2) is 0 Å². The van der Waals surface area contributed by atoms with Crippen LogP contribution in [-0.2, 0) is 0 Å². The quantitative estimate of drug-likeness (QED) is 0.944. The Morgan fingerprint density at radius 1 is 1.09 bits per heavy atom. The van der Waals surface area contributed by atoms with E-state index in [1.54, 1.807) is 24.4 Å². The van der Waals surface area contributed by atoms with E-state index in [1.807, 2.05) is 0 Å². The smallest absolute Gasteiger partial charge is 0.229 e. The highest BCUT2D eigenvalue weighted by atomic mass is 19.1. The average molecular weight is 315 g/mol. The van der Waals surface area contributed by atoms with Crippen LogP contribution in [0.3, 0.4) is 0 Å². The number of rotatable bonds is 3. The molecule has 0 aliphatic carbocycles. The predicted octanol–water partition coefficient (Wildman–Crippen LogP) is 2.90. The van der Waals surface area contributed by atoms with Crippen molar-refractivity contribution < 1.29 is 14.2 Å². The van der Waals surface area contributed by atoms with Crippen LogP contribution in [0.4, 0.5) is 10.3 Å². The van der Waals surface area contributed by atoms with Gasteiger partial charge in [-0.1, -0.05) is 0 Å². The monoisotopic (exact) mass is 315 g/mol. The van der Waals surface area contributed by atoms with Gasteiger partial charge in [-0.2, -0.15) is 4.98 Å². The average Bonchev–Trinajstić information content (AvgIpc) is 2.82. The molecule has 1 N–H and O–H groups in total. The molecule has 0 spiro atoms. The van der Waals surface area contributed by atoms with Crippen molar-refractivity contribution >= 4 is 5.95 Å². The minimum Gasteiger partial charge on any atom is -0.439 e. The lowest BCUT2D eigenvalue weighted by Crippen LogP contribution is -2.45. The summed E-state index contributed by atoms with van der Waals surface area (Å²) in [7, 11) is 0. The number of ether oxygens (including phenoxy) is 1. The van der Waals surface area contributed by atoms with Crippen molar-refractivity contribution in [1.82, 2.24) is 9.97 Å². The van der Waals surface area contributed by atoms with Crippen molar-refractivity contribution in [3.63, 3.8) is 0 Å². The van der Waals surface area contributed by atoms with Crippen LogP contribution >= 0.6 is 0 Å². The molecule has 2 unspecified atom stereocenters. The largest absolute Gasteiger partial charge is 0.439 e. The van der Waals surface area contributed by atoms with Gasteiger partial charge in [-0.3, -0.25) is 0 Å². The molecule has 6 heteroatoms. The molecule has 0 amide bonds. The lowest BCUT2D eigenvalue weighted by molar-refractivity contribution is 0.125. The Balaban J connectivity index is 1.56. The lowest BCUT2D eigenvalue weighted by atomic mass is 10.0. The highest BCUT2D eigenvalue weighted by Gasteiger charge is 2.41. The fourth-order valence-corrected chi connectivity index (χ4v) is 3.61. The number of hydrogen-bond acceptors (Lipinski definition) is 5. The molecule has 1 aromatic heterocycles. The zero-order valence-electron chi connectivity index (χ0n) is 12.6. The normalized spacial score (nSPS) is 26.3. The zero-order chi connectivity index (χ0) is 15.8. The Hall–Kier alpha value is -2.21. The molecule has 0 radical (unpaired) electrons. The molecular weight excluding hydrogens is 297 g/mol. The highest BCUT2D eigenvalue weighted by Crippen LogP contribution is 2.38. The molecule has 23 heavy (non-hydrogen) atoms. The van der Waals surface area contributed by atoms with Gasteiger partial charge in [0.05, 0.1) is 6.10 Å². The van der Waals surface area contributed by atoms with E-state index in [1.165, 1.54) is 12.1 Å². The molecule has 2 fully saturated rings. The van der Waals surface area contributed by atoms with E-state index in [0.29, 0.717) is 29.7 Å². The maximum Gasteiger partial charge on any atom is 0.229 e. The maximum atomic E-state index is 12.9. The summed E-state index contributed by atoms with van der Waals surface area (Å²) in [5, 5.41) is 9.90. The predicted molar refractivity (Wildman–Crippen MR) is 83.0 cm³/mol. The Bertz CT molecular complexity index is 680. The minimum absolute atomic E-state index is 0.220. The van der Waals surface area contributed by atoms with E-state index in [0.717, 1.165) is 25.7 Å². The number of hydrogen-bond donors (Lipinski definition) is 1. The van der Waals surface area contributed by atoms with Gasteiger partial charge in [0.1, 0.15) is 11.6 Å². The first-order valence-corrected chi connectivity index (χ1v) is 7.92. The Kier molecular flexibility index (Phi) is 3.61. The lowest BCUT2D eigenvalue weighted by Gasteiger charge is -2.37.